The monoisotopic (exact) mass is 242 g/mol. The van der Waals surface area contributed by atoms with Crippen LogP contribution in [0.3, 0.4) is 0 Å². The SMILES string of the molecule is COCC(O)(Cc1cccc(Cl)c1)C(C)C. The highest BCUT2D eigenvalue weighted by atomic mass is 35.5. The van der Waals surface area contributed by atoms with Crippen molar-refractivity contribution in [2.75, 3.05) is 13.7 Å². The molecule has 1 aromatic rings. The average Bonchev–Trinajstić information content (AvgIpc) is 2.17. The van der Waals surface area contributed by atoms with Gasteiger partial charge < -0.3 is 9.84 Å². The number of halogens is 1. The summed E-state index contributed by atoms with van der Waals surface area (Å²) in [6.07, 6.45) is 0.555. The molecule has 0 spiro atoms. The molecule has 1 rings (SSSR count). The summed E-state index contributed by atoms with van der Waals surface area (Å²) in [4.78, 5) is 0. The van der Waals surface area contributed by atoms with Crippen LogP contribution >= 0.6 is 11.6 Å². The summed E-state index contributed by atoms with van der Waals surface area (Å²) in [5, 5.41) is 11.2. The molecule has 90 valence electrons. The lowest BCUT2D eigenvalue weighted by molar-refractivity contribution is -0.0637. The van der Waals surface area contributed by atoms with E-state index < -0.39 is 5.60 Å². The minimum Gasteiger partial charge on any atom is -0.387 e. The Morgan fingerprint density at radius 1 is 1.44 bits per heavy atom. The van der Waals surface area contributed by atoms with Crippen molar-refractivity contribution in [1.29, 1.82) is 0 Å². The second-order valence-corrected chi connectivity index (χ2v) is 4.93. The third-order valence-corrected chi connectivity index (χ3v) is 3.10. The maximum absolute atomic E-state index is 10.5. The highest BCUT2D eigenvalue weighted by Gasteiger charge is 2.31. The van der Waals surface area contributed by atoms with Gasteiger partial charge in [0, 0.05) is 18.6 Å². The fourth-order valence-electron chi connectivity index (χ4n) is 1.67. The second-order valence-electron chi connectivity index (χ2n) is 4.50. The van der Waals surface area contributed by atoms with E-state index in [4.69, 9.17) is 16.3 Å². The maximum atomic E-state index is 10.5. The molecule has 1 unspecified atom stereocenters. The van der Waals surface area contributed by atoms with Crippen LogP contribution in [0, 0.1) is 5.92 Å². The first-order chi connectivity index (χ1) is 7.48. The Kier molecular flexibility index (Phi) is 4.78. The number of methoxy groups -OCH3 is 1. The van der Waals surface area contributed by atoms with Crippen LogP contribution in [0.25, 0.3) is 0 Å². The molecule has 0 aromatic heterocycles. The minimum absolute atomic E-state index is 0.131. The van der Waals surface area contributed by atoms with Gasteiger partial charge >= 0.3 is 0 Å². The second kappa shape index (κ2) is 5.67. The van der Waals surface area contributed by atoms with Gasteiger partial charge in [-0.3, -0.25) is 0 Å². The molecule has 16 heavy (non-hydrogen) atoms. The lowest BCUT2D eigenvalue weighted by atomic mass is 9.85. The molecule has 0 aliphatic heterocycles. The molecule has 3 heteroatoms. The summed E-state index contributed by atoms with van der Waals surface area (Å²) in [6.45, 7) is 4.31. The van der Waals surface area contributed by atoms with Crippen LogP contribution in [0.5, 0.6) is 0 Å². The van der Waals surface area contributed by atoms with Crippen molar-refractivity contribution < 1.29 is 9.84 Å². The molecule has 0 fully saturated rings. The molecule has 0 aliphatic carbocycles. The molecular weight excluding hydrogens is 224 g/mol. The summed E-state index contributed by atoms with van der Waals surface area (Å²) < 4.78 is 5.09. The van der Waals surface area contributed by atoms with Crippen molar-refractivity contribution in [3.05, 3.63) is 34.9 Å². The Labute approximate surface area is 102 Å². The molecule has 1 atom stereocenters. The number of hydrogen-bond donors (Lipinski definition) is 1. The van der Waals surface area contributed by atoms with Gasteiger partial charge in [-0.05, 0) is 23.6 Å². The molecule has 0 bridgehead atoms. The van der Waals surface area contributed by atoms with Crippen molar-refractivity contribution in [3.63, 3.8) is 0 Å². The summed E-state index contributed by atoms with van der Waals surface area (Å²) in [6, 6.07) is 7.57. The highest BCUT2D eigenvalue weighted by molar-refractivity contribution is 6.30. The van der Waals surface area contributed by atoms with Gasteiger partial charge in [-0.1, -0.05) is 37.6 Å². The normalized spacial score (nSPS) is 15.1. The zero-order chi connectivity index (χ0) is 12.2. The lowest BCUT2D eigenvalue weighted by Crippen LogP contribution is -2.42. The van der Waals surface area contributed by atoms with Crippen molar-refractivity contribution in [1.82, 2.24) is 0 Å². The molecular formula is C13H19ClO2. The van der Waals surface area contributed by atoms with Crippen LogP contribution in [0.15, 0.2) is 24.3 Å². The van der Waals surface area contributed by atoms with E-state index in [1.807, 2.05) is 38.1 Å². The van der Waals surface area contributed by atoms with E-state index in [2.05, 4.69) is 0 Å². The molecule has 2 nitrogen and oxygen atoms in total. The van der Waals surface area contributed by atoms with Crippen molar-refractivity contribution in [2.24, 2.45) is 5.92 Å². The third kappa shape index (κ3) is 3.48. The third-order valence-electron chi connectivity index (χ3n) is 2.87. The zero-order valence-corrected chi connectivity index (χ0v) is 10.8. The average molecular weight is 243 g/mol. The Bertz CT molecular complexity index is 338. The van der Waals surface area contributed by atoms with E-state index >= 15 is 0 Å². The van der Waals surface area contributed by atoms with Crippen molar-refractivity contribution >= 4 is 11.6 Å². The van der Waals surface area contributed by atoms with Gasteiger partial charge in [0.1, 0.15) is 0 Å². The number of aliphatic hydroxyl groups is 1. The molecule has 0 heterocycles. The first kappa shape index (κ1) is 13.5. The van der Waals surface area contributed by atoms with Crippen LogP contribution in [-0.2, 0) is 11.2 Å². The summed E-state index contributed by atoms with van der Waals surface area (Å²) in [5.41, 5.74) is 0.195. The van der Waals surface area contributed by atoms with Crippen molar-refractivity contribution in [3.8, 4) is 0 Å². The number of ether oxygens (including phenoxy) is 1. The van der Waals surface area contributed by atoms with Gasteiger partial charge in [-0.25, -0.2) is 0 Å². The predicted octanol–water partition coefficient (Wildman–Crippen LogP) is 2.92. The standard InChI is InChI=1S/C13H19ClO2/c1-10(2)13(15,9-16-3)8-11-5-4-6-12(14)7-11/h4-7,10,15H,8-9H2,1-3H3. The van der Waals surface area contributed by atoms with Gasteiger partial charge in [-0.15, -0.1) is 0 Å². The minimum atomic E-state index is -0.834. The Morgan fingerprint density at radius 3 is 2.62 bits per heavy atom. The molecule has 0 amide bonds. The summed E-state index contributed by atoms with van der Waals surface area (Å²) in [5.74, 6) is 0.131. The van der Waals surface area contributed by atoms with Crippen LogP contribution in [0.4, 0.5) is 0 Å². The Morgan fingerprint density at radius 2 is 2.12 bits per heavy atom. The van der Waals surface area contributed by atoms with Crippen LogP contribution in [-0.4, -0.2) is 24.4 Å². The molecule has 0 saturated carbocycles. The molecule has 1 N–H and O–H groups in total. The van der Waals surface area contributed by atoms with Gasteiger partial charge in [-0.2, -0.15) is 0 Å². The quantitative estimate of drug-likeness (QED) is 0.860. The first-order valence-corrected chi connectivity index (χ1v) is 5.81. The van der Waals surface area contributed by atoms with E-state index in [9.17, 15) is 5.11 Å². The largest absolute Gasteiger partial charge is 0.387 e. The predicted molar refractivity (Wildman–Crippen MR) is 66.8 cm³/mol. The fraction of sp³-hybridized carbons (Fsp3) is 0.538. The fourth-order valence-corrected chi connectivity index (χ4v) is 1.89. The molecule has 1 aromatic carbocycles. The van der Waals surface area contributed by atoms with Gasteiger partial charge in [0.05, 0.1) is 12.2 Å². The van der Waals surface area contributed by atoms with Gasteiger partial charge in [0.15, 0.2) is 0 Å². The molecule has 0 saturated heterocycles. The highest BCUT2D eigenvalue weighted by Crippen LogP contribution is 2.24. The van der Waals surface area contributed by atoms with E-state index in [1.165, 1.54) is 0 Å². The number of hydrogen-bond acceptors (Lipinski definition) is 2. The lowest BCUT2D eigenvalue weighted by Gasteiger charge is -2.31. The summed E-state index contributed by atoms with van der Waals surface area (Å²) in [7, 11) is 1.60. The van der Waals surface area contributed by atoms with E-state index in [0.717, 1.165) is 5.56 Å². The van der Waals surface area contributed by atoms with Crippen molar-refractivity contribution in [2.45, 2.75) is 25.9 Å². The van der Waals surface area contributed by atoms with Gasteiger partial charge in [0.25, 0.3) is 0 Å². The smallest absolute Gasteiger partial charge is 0.0942 e. The topological polar surface area (TPSA) is 29.5 Å². The van der Waals surface area contributed by atoms with Gasteiger partial charge in [0.2, 0.25) is 0 Å². The molecule has 0 aliphatic rings. The maximum Gasteiger partial charge on any atom is 0.0942 e. The number of rotatable bonds is 5. The van der Waals surface area contributed by atoms with Crippen LogP contribution in [0.1, 0.15) is 19.4 Å². The van der Waals surface area contributed by atoms with Crippen LogP contribution in [0.2, 0.25) is 5.02 Å². The van der Waals surface area contributed by atoms with Crippen LogP contribution < -0.4 is 0 Å². The molecule has 0 radical (unpaired) electrons. The zero-order valence-electron chi connectivity index (χ0n) is 10.0. The van der Waals surface area contributed by atoms with E-state index in [0.29, 0.717) is 18.1 Å². The Hall–Kier alpha value is -0.570. The number of benzene rings is 1. The van der Waals surface area contributed by atoms with E-state index in [-0.39, 0.29) is 5.92 Å². The summed E-state index contributed by atoms with van der Waals surface area (Å²) >= 11 is 5.92. The Balaban J connectivity index is 2.83. The first-order valence-electron chi connectivity index (χ1n) is 5.43. The van der Waals surface area contributed by atoms with E-state index in [1.54, 1.807) is 7.11 Å².